The lowest BCUT2D eigenvalue weighted by Gasteiger charge is -2.26. The van der Waals surface area contributed by atoms with E-state index in [-0.39, 0.29) is 17.5 Å². The third-order valence-electron chi connectivity index (χ3n) is 4.02. The molecule has 1 aliphatic carbocycles. The quantitative estimate of drug-likeness (QED) is 0.921. The van der Waals surface area contributed by atoms with Crippen LogP contribution in [-0.4, -0.2) is 32.9 Å². The molecule has 5 nitrogen and oxygen atoms in total. The Labute approximate surface area is 129 Å². The molecule has 3 rings (SSSR count). The molecule has 0 unspecified atom stereocenters. The first kappa shape index (κ1) is 14.8. The Bertz CT molecular complexity index is 745. The zero-order valence-electron chi connectivity index (χ0n) is 13.0. The van der Waals surface area contributed by atoms with Gasteiger partial charge in [-0.15, -0.1) is 0 Å². The van der Waals surface area contributed by atoms with Crippen molar-refractivity contribution < 1.29 is 4.79 Å². The van der Waals surface area contributed by atoms with Gasteiger partial charge in [0.2, 0.25) is 5.91 Å². The molecule has 1 aliphatic rings. The molecule has 5 heteroatoms. The van der Waals surface area contributed by atoms with Crippen LogP contribution in [0.3, 0.4) is 0 Å². The third-order valence-corrected chi connectivity index (χ3v) is 4.02. The summed E-state index contributed by atoms with van der Waals surface area (Å²) < 4.78 is 0. The number of rotatable bonds is 5. The van der Waals surface area contributed by atoms with Crippen molar-refractivity contribution in [1.29, 1.82) is 0 Å². The highest BCUT2D eigenvalue weighted by molar-refractivity contribution is 5.78. The predicted molar refractivity (Wildman–Crippen MR) is 85.7 cm³/mol. The lowest BCUT2D eigenvalue weighted by atomic mass is 10.2. The molecule has 0 aliphatic heterocycles. The molecule has 1 heterocycles. The molecule has 0 spiro atoms. The van der Waals surface area contributed by atoms with Gasteiger partial charge in [0, 0.05) is 24.9 Å². The maximum Gasteiger partial charge on any atom is 0.258 e. The van der Waals surface area contributed by atoms with E-state index in [9.17, 15) is 9.59 Å². The second-order valence-electron chi connectivity index (χ2n) is 6.16. The van der Waals surface area contributed by atoms with Crippen LogP contribution in [0, 0.1) is 0 Å². The Balaban J connectivity index is 1.73. The molecule has 1 aromatic carbocycles. The van der Waals surface area contributed by atoms with Crippen molar-refractivity contribution in [2.45, 2.75) is 51.6 Å². The minimum atomic E-state index is -0.143. The standard InChI is InChI=1S/C17H21N3O2/c1-11(2)20(12-7-8-12)16(21)10-9-15-18-14-6-4-3-5-13(14)17(22)19-15/h3-6,11-12H,7-10H2,1-2H3,(H,18,19,22). The summed E-state index contributed by atoms with van der Waals surface area (Å²) in [6, 6.07) is 7.89. The number of hydrogen-bond donors (Lipinski definition) is 1. The molecule has 0 radical (unpaired) electrons. The number of aryl methyl sites for hydroxylation is 1. The number of hydrogen-bond acceptors (Lipinski definition) is 3. The molecule has 1 fully saturated rings. The number of carbonyl (C=O) groups is 1. The topological polar surface area (TPSA) is 66.1 Å². The van der Waals surface area contributed by atoms with Crippen LogP contribution in [0.25, 0.3) is 10.9 Å². The van der Waals surface area contributed by atoms with E-state index in [4.69, 9.17) is 0 Å². The van der Waals surface area contributed by atoms with Gasteiger partial charge >= 0.3 is 0 Å². The second kappa shape index (κ2) is 5.91. The highest BCUT2D eigenvalue weighted by Gasteiger charge is 2.33. The van der Waals surface area contributed by atoms with E-state index < -0.39 is 0 Å². The maximum atomic E-state index is 12.4. The van der Waals surface area contributed by atoms with Gasteiger partial charge < -0.3 is 9.88 Å². The summed E-state index contributed by atoms with van der Waals surface area (Å²) in [5, 5.41) is 0.583. The number of fused-ring (bicyclic) bond motifs is 1. The Kier molecular flexibility index (Phi) is 3.96. The first-order valence-electron chi connectivity index (χ1n) is 7.85. The number of H-pyrrole nitrogens is 1. The summed E-state index contributed by atoms with van der Waals surface area (Å²) in [4.78, 5) is 33.6. The molecular weight excluding hydrogens is 278 g/mol. The van der Waals surface area contributed by atoms with Crippen molar-refractivity contribution in [2.75, 3.05) is 0 Å². The van der Waals surface area contributed by atoms with Gasteiger partial charge in [-0.1, -0.05) is 12.1 Å². The molecule has 1 aromatic heterocycles. The number of nitrogens with one attached hydrogen (secondary N) is 1. The van der Waals surface area contributed by atoms with Gasteiger partial charge in [-0.2, -0.15) is 0 Å². The molecule has 2 aromatic rings. The average Bonchev–Trinajstić information content (AvgIpc) is 3.30. The summed E-state index contributed by atoms with van der Waals surface area (Å²) >= 11 is 0. The average molecular weight is 299 g/mol. The van der Waals surface area contributed by atoms with Crippen molar-refractivity contribution in [1.82, 2.24) is 14.9 Å². The van der Waals surface area contributed by atoms with Gasteiger partial charge in [-0.3, -0.25) is 9.59 Å². The first-order chi connectivity index (χ1) is 10.6. The van der Waals surface area contributed by atoms with Crippen LogP contribution >= 0.6 is 0 Å². The Morgan fingerprint density at radius 2 is 2.09 bits per heavy atom. The number of carbonyl (C=O) groups excluding carboxylic acids is 1. The number of para-hydroxylation sites is 1. The van der Waals surface area contributed by atoms with Crippen LogP contribution in [0.4, 0.5) is 0 Å². The van der Waals surface area contributed by atoms with Crippen molar-refractivity contribution in [3.63, 3.8) is 0 Å². The predicted octanol–water partition coefficient (Wildman–Crippen LogP) is 2.26. The largest absolute Gasteiger partial charge is 0.337 e. The van der Waals surface area contributed by atoms with E-state index in [0.717, 1.165) is 12.8 Å². The fraction of sp³-hybridized carbons (Fsp3) is 0.471. The van der Waals surface area contributed by atoms with Crippen molar-refractivity contribution in [3.8, 4) is 0 Å². The van der Waals surface area contributed by atoms with Crippen molar-refractivity contribution in [3.05, 3.63) is 40.4 Å². The molecule has 1 amide bonds. The summed E-state index contributed by atoms with van der Waals surface area (Å²) in [5.74, 6) is 0.727. The lowest BCUT2D eigenvalue weighted by molar-refractivity contribution is -0.133. The summed E-state index contributed by atoms with van der Waals surface area (Å²) in [5.41, 5.74) is 0.535. The summed E-state index contributed by atoms with van der Waals surface area (Å²) in [7, 11) is 0. The van der Waals surface area contributed by atoms with Gasteiger partial charge in [0.15, 0.2) is 0 Å². The van der Waals surface area contributed by atoms with Crippen LogP contribution in [0.2, 0.25) is 0 Å². The van der Waals surface area contributed by atoms with Crippen LogP contribution in [-0.2, 0) is 11.2 Å². The van der Waals surface area contributed by atoms with Gasteiger partial charge in [0.05, 0.1) is 10.9 Å². The Morgan fingerprint density at radius 1 is 1.36 bits per heavy atom. The SMILES string of the molecule is CC(C)N(C(=O)CCc1nc2ccccc2c(=O)[nH]1)C1CC1. The van der Waals surface area contributed by atoms with Gasteiger partial charge in [-0.05, 0) is 38.8 Å². The van der Waals surface area contributed by atoms with Gasteiger partial charge in [-0.25, -0.2) is 4.98 Å². The van der Waals surface area contributed by atoms with Crippen LogP contribution in [0.15, 0.2) is 29.1 Å². The first-order valence-corrected chi connectivity index (χ1v) is 7.85. The van der Waals surface area contributed by atoms with Gasteiger partial charge in [0.25, 0.3) is 5.56 Å². The Hall–Kier alpha value is -2.17. The minimum absolute atomic E-state index is 0.143. The number of aromatic amines is 1. The Morgan fingerprint density at radius 3 is 2.77 bits per heavy atom. The van der Waals surface area contributed by atoms with Crippen LogP contribution in [0.1, 0.15) is 38.9 Å². The summed E-state index contributed by atoms with van der Waals surface area (Å²) in [6.07, 6.45) is 3.06. The van der Waals surface area contributed by atoms with E-state index in [2.05, 4.69) is 9.97 Å². The molecule has 1 N–H and O–H groups in total. The molecule has 1 saturated carbocycles. The highest BCUT2D eigenvalue weighted by atomic mass is 16.2. The number of aromatic nitrogens is 2. The number of nitrogens with zero attached hydrogens (tertiary/aromatic N) is 2. The molecular formula is C17H21N3O2. The normalized spacial score (nSPS) is 14.5. The van der Waals surface area contributed by atoms with E-state index in [1.807, 2.05) is 36.9 Å². The summed E-state index contributed by atoms with van der Waals surface area (Å²) in [6.45, 7) is 4.10. The number of amides is 1. The second-order valence-corrected chi connectivity index (χ2v) is 6.16. The fourth-order valence-corrected chi connectivity index (χ4v) is 2.87. The molecule has 22 heavy (non-hydrogen) atoms. The highest BCUT2D eigenvalue weighted by Crippen LogP contribution is 2.29. The zero-order valence-corrected chi connectivity index (χ0v) is 13.0. The molecule has 0 saturated heterocycles. The maximum absolute atomic E-state index is 12.4. The van der Waals surface area contributed by atoms with Crippen molar-refractivity contribution >= 4 is 16.8 Å². The smallest absolute Gasteiger partial charge is 0.258 e. The molecule has 116 valence electrons. The number of benzene rings is 1. The molecule has 0 bridgehead atoms. The minimum Gasteiger partial charge on any atom is -0.337 e. The van der Waals surface area contributed by atoms with Crippen LogP contribution < -0.4 is 5.56 Å². The monoisotopic (exact) mass is 299 g/mol. The van der Waals surface area contributed by atoms with Gasteiger partial charge in [0.1, 0.15) is 5.82 Å². The van der Waals surface area contributed by atoms with E-state index >= 15 is 0 Å². The zero-order chi connectivity index (χ0) is 15.7. The fourth-order valence-electron chi connectivity index (χ4n) is 2.87. The third kappa shape index (κ3) is 3.03. The van der Waals surface area contributed by atoms with E-state index in [0.29, 0.717) is 35.6 Å². The lowest BCUT2D eigenvalue weighted by Crippen LogP contribution is -2.39. The molecule has 0 atom stereocenters. The van der Waals surface area contributed by atoms with Crippen LogP contribution in [0.5, 0.6) is 0 Å². The van der Waals surface area contributed by atoms with Crippen molar-refractivity contribution in [2.24, 2.45) is 0 Å². The van der Waals surface area contributed by atoms with E-state index in [1.165, 1.54) is 0 Å². The van der Waals surface area contributed by atoms with E-state index in [1.54, 1.807) is 6.07 Å².